The number of benzene rings is 1. The first-order valence-electron chi connectivity index (χ1n) is 9.19. The van der Waals surface area contributed by atoms with E-state index in [1.54, 1.807) is 0 Å². The summed E-state index contributed by atoms with van der Waals surface area (Å²) in [6, 6.07) is 7.66. The summed E-state index contributed by atoms with van der Waals surface area (Å²) < 4.78 is 11.2. The Morgan fingerprint density at radius 3 is 2.88 bits per heavy atom. The van der Waals surface area contributed by atoms with Crippen LogP contribution in [0, 0.1) is 17.3 Å². The van der Waals surface area contributed by atoms with Crippen LogP contribution in [0.15, 0.2) is 35.9 Å². The lowest BCUT2D eigenvalue weighted by molar-refractivity contribution is -0.147. The highest BCUT2D eigenvalue weighted by molar-refractivity contribution is 8.14. The minimum Gasteiger partial charge on any atom is -0.494 e. The van der Waals surface area contributed by atoms with Crippen LogP contribution in [-0.4, -0.2) is 23.4 Å². The second kappa shape index (κ2) is 7.87. The van der Waals surface area contributed by atoms with Crippen molar-refractivity contribution in [3.63, 3.8) is 0 Å². The van der Waals surface area contributed by atoms with Crippen LogP contribution >= 0.6 is 11.8 Å². The lowest BCUT2D eigenvalue weighted by Crippen LogP contribution is -2.10. The molecule has 1 aromatic rings. The molecule has 0 bridgehead atoms. The first kappa shape index (κ1) is 19.0. The molecule has 1 saturated heterocycles. The Morgan fingerprint density at radius 1 is 1.38 bits per heavy atom. The summed E-state index contributed by atoms with van der Waals surface area (Å²) in [6.07, 6.45) is 3.77. The SMILES string of the molecule is CCCOc1cccc(COC(=O)[C@@H]2[C@H](/C=C3\CCSC3=O)C2(C)C)c1. The van der Waals surface area contributed by atoms with Crippen molar-refractivity contribution in [1.29, 1.82) is 0 Å². The van der Waals surface area contributed by atoms with Gasteiger partial charge in [0.15, 0.2) is 0 Å². The van der Waals surface area contributed by atoms with Crippen molar-refractivity contribution < 1.29 is 19.1 Å². The van der Waals surface area contributed by atoms with Crippen molar-refractivity contribution in [2.45, 2.75) is 40.2 Å². The Bertz CT molecular complexity index is 722. The minimum absolute atomic E-state index is 0.0897. The molecule has 1 aliphatic carbocycles. The summed E-state index contributed by atoms with van der Waals surface area (Å²) >= 11 is 1.36. The predicted molar refractivity (Wildman–Crippen MR) is 103 cm³/mol. The molecule has 1 saturated carbocycles. The molecule has 0 spiro atoms. The molecule has 2 fully saturated rings. The molecule has 5 heteroatoms. The normalized spacial score (nSPS) is 25.3. The number of rotatable bonds is 7. The van der Waals surface area contributed by atoms with E-state index in [4.69, 9.17) is 9.47 Å². The zero-order valence-electron chi connectivity index (χ0n) is 15.6. The van der Waals surface area contributed by atoms with Gasteiger partial charge in [0.1, 0.15) is 12.4 Å². The molecule has 2 atom stereocenters. The van der Waals surface area contributed by atoms with Gasteiger partial charge in [-0.25, -0.2) is 0 Å². The topological polar surface area (TPSA) is 52.6 Å². The highest BCUT2D eigenvalue weighted by atomic mass is 32.2. The Labute approximate surface area is 159 Å². The molecule has 4 nitrogen and oxygen atoms in total. The fraction of sp³-hybridized carbons (Fsp3) is 0.524. The van der Waals surface area contributed by atoms with Gasteiger partial charge >= 0.3 is 5.97 Å². The number of hydrogen-bond acceptors (Lipinski definition) is 5. The van der Waals surface area contributed by atoms with Crippen molar-refractivity contribution in [1.82, 2.24) is 0 Å². The smallest absolute Gasteiger partial charge is 0.310 e. The summed E-state index contributed by atoms with van der Waals surface area (Å²) in [5.74, 6) is 1.38. The third kappa shape index (κ3) is 4.14. The molecule has 26 heavy (non-hydrogen) atoms. The first-order valence-corrected chi connectivity index (χ1v) is 10.2. The van der Waals surface area contributed by atoms with Crippen LogP contribution in [0.3, 0.4) is 0 Å². The van der Waals surface area contributed by atoms with E-state index in [0.717, 1.165) is 35.5 Å². The van der Waals surface area contributed by atoms with Gasteiger partial charge in [0.25, 0.3) is 0 Å². The van der Waals surface area contributed by atoms with Gasteiger partial charge in [0, 0.05) is 11.3 Å². The Kier molecular flexibility index (Phi) is 5.76. The van der Waals surface area contributed by atoms with E-state index in [0.29, 0.717) is 6.61 Å². The quantitative estimate of drug-likeness (QED) is 0.524. The second-order valence-electron chi connectivity index (χ2n) is 7.51. The van der Waals surface area contributed by atoms with Gasteiger partial charge in [-0.15, -0.1) is 0 Å². The van der Waals surface area contributed by atoms with Crippen molar-refractivity contribution in [2.24, 2.45) is 17.3 Å². The van der Waals surface area contributed by atoms with Gasteiger partial charge in [0.2, 0.25) is 5.12 Å². The maximum Gasteiger partial charge on any atom is 0.310 e. The zero-order chi connectivity index (χ0) is 18.7. The van der Waals surface area contributed by atoms with Gasteiger partial charge in [-0.1, -0.05) is 50.7 Å². The largest absolute Gasteiger partial charge is 0.494 e. The third-order valence-corrected chi connectivity index (χ3v) is 6.10. The fourth-order valence-electron chi connectivity index (χ4n) is 3.44. The summed E-state index contributed by atoms with van der Waals surface area (Å²) in [7, 11) is 0. The van der Waals surface area contributed by atoms with E-state index in [1.165, 1.54) is 11.8 Å². The van der Waals surface area contributed by atoms with E-state index >= 15 is 0 Å². The molecule has 1 heterocycles. The van der Waals surface area contributed by atoms with Crippen molar-refractivity contribution in [3.8, 4) is 5.75 Å². The van der Waals surface area contributed by atoms with Gasteiger partial charge in [-0.05, 0) is 41.9 Å². The standard InChI is InChI=1S/C21H26O4S/c1-4-9-24-16-7-5-6-14(11-16)13-25-19(22)18-17(21(18,2)3)12-15-8-10-26-20(15)23/h5-7,11-12,17-18H,4,8-10,13H2,1-3H3/b15-12+/t17-,18-/m0/s1. The number of carbonyl (C=O) groups excluding carboxylic acids is 2. The van der Waals surface area contributed by atoms with Crippen molar-refractivity contribution in [2.75, 3.05) is 12.4 Å². The van der Waals surface area contributed by atoms with Crippen molar-refractivity contribution >= 4 is 22.8 Å². The predicted octanol–water partition coefficient (Wildman–Crippen LogP) is 4.38. The first-order chi connectivity index (χ1) is 12.4. The molecule has 0 unspecified atom stereocenters. The minimum atomic E-state index is -0.185. The summed E-state index contributed by atoms with van der Waals surface area (Å²) in [4.78, 5) is 24.4. The molecule has 0 aromatic heterocycles. The number of carbonyl (C=O) groups is 2. The molecular formula is C21H26O4S. The van der Waals surface area contributed by atoms with E-state index < -0.39 is 0 Å². The molecule has 1 aromatic carbocycles. The molecule has 0 N–H and O–H groups in total. The summed E-state index contributed by atoms with van der Waals surface area (Å²) in [6.45, 7) is 7.10. The van der Waals surface area contributed by atoms with E-state index in [2.05, 4.69) is 20.8 Å². The van der Waals surface area contributed by atoms with Crippen LogP contribution in [0.25, 0.3) is 0 Å². The molecular weight excluding hydrogens is 348 g/mol. The lowest BCUT2D eigenvalue weighted by atomic mass is 10.1. The molecule has 3 rings (SSSR count). The lowest BCUT2D eigenvalue weighted by Gasteiger charge is -2.08. The van der Waals surface area contributed by atoms with Crippen LogP contribution in [0.5, 0.6) is 5.75 Å². The van der Waals surface area contributed by atoms with Crippen LogP contribution in [0.4, 0.5) is 0 Å². The van der Waals surface area contributed by atoms with Crippen LogP contribution in [0.1, 0.15) is 39.2 Å². The Morgan fingerprint density at radius 2 is 2.19 bits per heavy atom. The average molecular weight is 375 g/mol. The van der Waals surface area contributed by atoms with Gasteiger partial charge in [0.05, 0.1) is 12.5 Å². The van der Waals surface area contributed by atoms with E-state index in [1.807, 2.05) is 30.3 Å². The monoisotopic (exact) mass is 374 g/mol. The van der Waals surface area contributed by atoms with Gasteiger partial charge in [-0.3, -0.25) is 9.59 Å². The fourth-order valence-corrected chi connectivity index (χ4v) is 4.31. The molecule has 0 radical (unpaired) electrons. The van der Waals surface area contributed by atoms with E-state index in [9.17, 15) is 9.59 Å². The molecule has 0 amide bonds. The van der Waals surface area contributed by atoms with Crippen LogP contribution < -0.4 is 4.74 Å². The highest BCUT2D eigenvalue weighted by Gasteiger charge is 2.61. The maximum absolute atomic E-state index is 12.5. The number of thioether (sulfide) groups is 1. The molecule has 1 aliphatic heterocycles. The summed E-state index contributed by atoms with van der Waals surface area (Å²) in [5, 5.41) is 0.156. The highest BCUT2D eigenvalue weighted by Crippen LogP contribution is 2.60. The van der Waals surface area contributed by atoms with Crippen LogP contribution in [-0.2, 0) is 20.9 Å². The number of hydrogen-bond donors (Lipinski definition) is 0. The maximum atomic E-state index is 12.5. The zero-order valence-corrected chi connectivity index (χ0v) is 16.4. The Balaban J connectivity index is 1.57. The summed E-state index contributed by atoms with van der Waals surface area (Å²) in [5.41, 5.74) is 1.64. The number of ether oxygens (including phenoxy) is 2. The van der Waals surface area contributed by atoms with Crippen LogP contribution in [0.2, 0.25) is 0 Å². The molecule has 2 aliphatic rings. The van der Waals surface area contributed by atoms with E-state index in [-0.39, 0.29) is 34.9 Å². The molecule has 140 valence electrons. The average Bonchev–Trinajstić information content (AvgIpc) is 2.93. The van der Waals surface area contributed by atoms with Gasteiger partial charge in [-0.2, -0.15) is 0 Å². The Hall–Kier alpha value is -1.75. The van der Waals surface area contributed by atoms with Crippen molar-refractivity contribution in [3.05, 3.63) is 41.5 Å². The number of allylic oxidation sites excluding steroid dienone is 1. The number of esters is 1. The second-order valence-corrected chi connectivity index (χ2v) is 8.57. The van der Waals surface area contributed by atoms with Gasteiger partial charge < -0.3 is 9.47 Å². The third-order valence-electron chi connectivity index (χ3n) is 5.16.